The quantitative estimate of drug-likeness (QED) is 0.136. The molecule has 262 valence electrons. The Balaban J connectivity index is 1.52. The molecule has 9 nitrogen and oxygen atoms in total. The molecule has 0 aromatic heterocycles. The van der Waals surface area contributed by atoms with E-state index in [-0.39, 0.29) is 11.4 Å². The van der Waals surface area contributed by atoms with Crippen LogP contribution in [0.2, 0.25) is 0 Å². The number of benzene rings is 6. The molecule has 0 bridgehead atoms. The van der Waals surface area contributed by atoms with Crippen molar-refractivity contribution in [2.24, 2.45) is 21.0 Å². The molecule has 0 N–H and O–H groups in total. The van der Waals surface area contributed by atoms with Gasteiger partial charge in [0, 0.05) is 0 Å². The van der Waals surface area contributed by atoms with Crippen molar-refractivity contribution in [2.75, 3.05) is 24.2 Å². The summed E-state index contributed by atoms with van der Waals surface area (Å²) in [5.41, 5.74) is -4.43. The average molecular weight is 709 g/mol. The van der Waals surface area contributed by atoms with E-state index in [1.54, 1.807) is 10.0 Å². The van der Waals surface area contributed by atoms with Gasteiger partial charge in [0.2, 0.25) is 10.8 Å². The van der Waals surface area contributed by atoms with Crippen LogP contribution in [0.3, 0.4) is 0 Å². The highest BCUT2D eigenvalue weighted by Gasteiger charge is 2.99. The molecule has 2 aliphatic heterocycles. The summed E-state index contributed by atoms with van der Waals surface area (Å²) in [6.07, 6.45) is 0. The number of anilines is 2. The number of hydrogen-bond donors (Lipinski definition) is 0. The fourth-order valence-corrected chi connectivity index (χ4v) is 10.2. The number of carbonyl (C=O) groups is 3. The number of esters is 2. The Hall–Kier alpha value is -6.87. The Labute approximate surface area is 310 Å². The molecule has 4 aliphatic rings. The van der Waals surface area contributed by atoms with Gasteiger partial charge in [-0.15, -0.1) is 0 Å². The van der Waals surface area contributed by atoms with Gasteiger partial charge in [0.15, 0.2) is 5.78 Å². The van der Waals surface area contributed by atoms with Crippen LogP contribution in [0.1, 0.15) is 22.3 Å². The summed E-state index contributed by atoms with van der Waals surface area (Å²) in [5, 5.41) is 16.0. The summed E-state index contributed by atoms with van der Waals surface area (Å²) in [6, 6.07) is 49.0. The highest BCUT2D eigenvalue weighted by Crippen LogP contribution is 2.81. The summed E-state index contributed by atoms with van der Waals surface area (Å²) in [5.74, 6) is -2.44. The maximum Gasteiger partial charge on any atom is 0.328 e. The third kappa shape index (κ3) is 3.26. The van der Waals surface area contributed by atoms with Crippen LogP contribution in [-0.4, -0.2) is 43.4 Å². The molecule has 4 unspecified atom stereocenters. The van der Waals surface area contributed by atoms with Crippen molar-refractivity contribution in [1.29, 1.82) is 0 Å². The fourth-order valence-electron chi connectivity index (χ4n) is 10.2. The zero-order valence-electron chi connectivity index (χ0n) is 29.3. The van der Waals surface area contributed by atoms with Gasteiger partial charge in [-0.25, -0.2) is 10.0 Å². The maximum atomic E-state index is 16.9. The van der Waals surface area contributed by atoms with Gasteiger partial charge in [-0.05, 0) is 57.3 Å². The van der Waals surface area contributed by atoms with E-state index < -0.39 is 39.6 Å². The van der Waals surface area contributed by atoms with Gasteiger partial charge < -0.3 is 9.47 Å². The first kappa shape index (κ1) is 31.8. The fraction of sp³-hybridized carbons (Fsp3) is 0.133. The lowest BCUT2D eigenvalue weighted by Crippen LogP contribution is -2.69. The van der Waals surface area contributed by atoms with E-state index in [0.717, 1.165) is 10.8 Å². The van der Waals surface area contributed by atoms with Gasteiger partial charge in [0.1, 0.15) is 11.1 Å². The monoisotopic (exact) mass is 708 g/mol. The second-order valence-electron chi connectivity index (χ2n) is 13.9. The molecule has 4 atom stereocenters. The zero-order chi connectivity index (χ0) is 36.9. The lowest BCUT2D eigenvalue weighted by atomic mass is 9.58. The largest absolute Gasteiger partial charge is 0.468 e. The van der Waals surface area contributed by atoms with Gasteiger partial charge in [-0.3, -0.25) is 14.4 Å². The van der Waals surface area contributed by atoms with Crippen LogP contribution in [0.5, 0.6) is 0 Å². The molecule has 10 rings (SSSR count). The molecule has 2 aliphatic carbocycles. The Kier molecular flexibility index (Phi) is 6.53. The van der Waals surface area contributed by atoms with Crippen molar-refractivity contribution >= 4 is 51.3 Å². The van der Waals surface area contributed by atoms with Crippen molar-refractivity contribution in [3.05, 3.63) is 180 Å². The lowest BCUT2D eigenvalue weighted by Gasteiger charge is -2.53. The van der Waals surface area contributed by atoms with Crippen molar-refractivity contribution in [1.82, 2.24) is 0 Å². The van der Waals surface area contributed by atoms with Crippen LogP contribution in [0.15, 0.2) is 168 Å². The smallest absolute Gasteiger partial charge is 0.328 e. The molecule has 2 spiro atoms. The predicted molar refractivity (Wildman–Crippen MR) is 205 cm³/mol. The number of methoxy groups -OCH3 is 2. The first-order valence-electron chi connectivity index (χ1n) is 17.7. The Morgan fingerprint density at radius 1 is 0.500 bits per heavy atom. The molecule has 6 aromatic carbocycles. The standard InChI is InChI=1S/C45H32N4O5/c1-53-40(51)42-37(30-17-7-3-8-18-30)46-48(32-23-11-5-12-24-32)44(42)34-27-15-21-29-22-16-28-35(36(29)34)45(44)43(39(42)50,41(52)54-2)38(31-19-9-4-10-20-31)47-49(45)33-25-13-6-14-26-33/h3-28H,1-2H3. The van der Waals surface area contributed by atoms with Crippen LogP contribution in [0.4, 0.5) is 11.4 Å². The summed E-state index contributed by atoms with van der Waals surface area (Å²) in [4.78, 5) is 48.2. The average Bonchev–Trinajstić information content (AvgIpc) is 3.88. The molecule has 0 radical (unpaired) electrons. The van der Waals surface area contributed by atoms with Gasteiger partial charge in [0.05, 0.1) is 37.0 Å². The van der Waals surface area contributed by atoms with E-state index >= 15 is 14.4 Å². The highest BCUT2D eigenvalue weighted by atomic mass is 16.5. The second kappa shape index (κ2) is 11.1. The number of ketones is 1. The van der Waals surface area contributed by atoms with Crippen molar-refractivity contribution < 1.29 is 23.9 Å². The minimum atomic E-state index is -2.27. The molecule has 1 fully saturated rings. The Morgan fingerprint density at radius 2 is 0.870 bits per heavy atom. The van der Waals surface area contributed by atoms with Crippen molar-refractivity contribution in [3.8, 4) is 0 Å². The predicted octanol–water partition coefficient (Wildman–Crippen LogP) is 6.99. The third-order valence-electron chi connectivity index (χ3n) is 11.8. The number of para-hydroxylation sites is 2. The minimum Gasteiger partial charge on any atom is -0.468 e. The van der Waals surface area contributed by atoms with E-state index in [0.29, 0.717) is 33.6 Å². The van der Waals surface area contributed by atoms with E-state index in [1.807, 2.05) is 158 Å². The van der Waals surface area contributed by atoms with Crippen LogP contribution >= 0.6 is 0 Å². The summed E-state index contributed by atoms with van der Waals surface area (Å²) in [7, 11) is 2.56. The van der Waals surface area contributed by atoms with E-state index in [1.165, 1.54) is 14.2 Å². The second-order valence-corrected chi connectivity index (χ2v) is 13.9. The molecule has 1 saturated carbocycles. The molecule has 54 heavy (non-hydrogen) atoms. The Morgan fingerprint density at radius 3 is 1.24 bits per heavy atom. The number of hydrazone groups is 2. The van der Waals surface area contributed by atoms with Crippen LogP contribution < -0.4 is 10.0 Å². The number of rotatable bonds is 6. The SMILES string of the molecule is COC(=O)C12C(=O)C3(C(=O)OC)C(c4ccccc4)=NN(c4ccccc4)C34c3cccc5cccc(c35)C14N(c1ccccc1)N=C2c1ccccc1. The van der Waals surface area contributed by atoms with Crippen LogP contribution in [-0.2, 0) is 34.9 Å². The molecular formula is C45H32N4O5. The normalized spacial score (nSPS) is 25.9. The number of carbonyl (C=O) groups excluding carboxylic acids is 3. The lowest BCUT2D eigenvalue weighted by molar-refractivity contribution is -0.158. The molecular weight excluding hydrogens is 677 g/mol. The highest BCUT2D eigenvalue weighted by molar-refractivity contribution is 6.46. The molecule has 6 aromatic rings. The van der Waals surface area contributed by atoms with Crippen LogP contribution in [0.25, 0.3) is 10.8 Å². The summed E-state index contributed by atoms with van der Waals surface area (Å²) >= 11 is 0. The first-order chi connectivity index (χ1) is 26.5. The third-order valence-corrected chi connectivity index (χ3v) is 11.8. The number of Topliss-reactive ketones (excluding diaryl/α,β-unsaturated/α-hetero) is 1. The van der Waals surface area contributed by atoms with Crippen molar-refractivity contribution in [3.63, 3.8) is 0 Å². The molecule has 9 heteroatoms. The van der Waals surface area contributed by atoms with Crippen LogP contribution in [0, 0.1) is 10.8 Å². The van der Waals surface area contributed by atoms with Gasteiger partial charge in [-0.2, -0.15) is 10.2 Å². The Bertz CT molecular complexity index is 2440. The summed E-state index contributed by atoms with van der Waals surface area (Å²) in [6.45, 7) is 0. The number of nitrogens with zero attached hydrogens (tertiary/aromatic N) is 4. The van der Waals surface area contributed by atoms with Crippen molar-refractivity contribution in [2.45, 2.75) is 11.1 Å². The van der Waals surface area contributed by atoms with Gasteiger partial charge >= 0.3 is 11.9 Å². The number of hydrogen-bond acceptors (Lipinski definition) is 9. The van der Waals surface area contributed by atoms with E-state index in [9.17, 15) is 0 Å². The van der Waals surface area contributed by atoms with Gasteiger partial charge in [-0.1, -0.05) is 133 Å². The van der Waals surface area contributed by atoms with Gasteiger partial charge in [0.25, 0.3) is 0 Å². The van der Waals surface area contributed by atoms with E-state index in [2.05, 4.69) is 0 Å². The minimum absolute atomic E-state index is 0.158. The molecule has 0 amide bonds. The maximum absolute atomic E-state index is 16.9. The topological polar surface area (TPSA) is 101 Å². The zero-order valence-corrected chi connectivity index (χ0v) is 29.3. The molecule has 0 saturated heterocycles. The van der Waals surface area contributed by atoms with E-state index in [4.69, 9.17) is 19.7 Å². The number of ether oxygens (including phenoxy) is 2. The summed E-state index contributed by atoms with van der Waals surface area (Å²) < 4.78 is 11.7. The molecule has 2 heterocycles. The first-order valence-corrected chi connectivity index (χ1v) is 17.7.